The van der Waals surface area contributed by atoms with Crippen molar-refractivity contribution in [1.82, 2.24) is 4.98 Å². The molecule has 0 unspecified atom stereocenters. The Hall–Kier alpha value is -0.890. The van der Waals surface area contributed by atoms with Crippen molar-refractivity contribution in [2.75, 3.05) is 0 Å². The lowest BCUT2D eigenvalue weighted by atomic mass is 10.3. The molecule has 0 atom stereocenters. The zero-order valence-corrected chi connectivity index (χ0v) is 8.29. The minimum absolute atomic E-state index is 0.129. The standard InChI is InChI=1S/C6H2ClF4NO2S/c7-15(13,14)3-1-2(8)4(9)5(12-3)6(10)11/h1,6H. The van der Waals surface area contributed by atoms with Crippen molar-refractivity contribution in [3.63, 3.8) is 0 Å². The average molecular weight is 264 g/mol. The van der Waals surface area contributed by atoms with Crippen LogP contribution in [-0.4, -0.2) is 13.4 Å². The number of nitrogens with zero attached hydrogens (tertiary/aromatic N) is 1. The van der Waals surface area contributed by atoms with Crippen LogP contribution in [0.25, 0.3) is 0 Å². The Bertz CT molecular complexity index is 490. The third kappa shape index (κ3) is 2.57. The van der Waals surface area contributed by atoms with E-state index in [1.54, 1.807) is 0 Å². The summed E-state index contributed by atoms with van der Waals surface area (Å²) in [5, 5.41) is -1.15. The number of hydrogen-bond donors (Lipinski definition) is 0. The maximum Gasteiger partial charge on any atom is 0.283 e. The largest absolute Gasteiger partial charge is 0.283 e. The lowest BCUT2D eigenvalue weighted by Crippen LogP contribution is -2.05. The van der Waals surface area contributed by atoms with Gasteiger partial charge in [0.15, 0.2) is 16.7 Å². The van der Waals surface area contributed by atoms with E-state index in [1.807, 2.05) is 0 Å². The van der Waals surface area contributed by atoms with Crippen molar-refractivity contribution in [3.05, 3.63) is 23.4 Å². The molecule has 0 spiro atoms. The molecule has 1 heterocycles. The van der Waals surface area contributed by atoms with E-state index in [4.69, 9.17) is 10.7 Å². The number of alkyl halides is 2. The van der Waals surface area contributed by atoms with Crippen molar-refractivity contribution >= 4 is 19.7 Å². The zero-order chi connectivity index (χ0) is 11.8. The molecule has 1 rings (SSSR count). The molecule has 0 bridgehead atoms. The van der Waals surface area contributed by atoms with Gasteiger partial charge in [-0.15, -0.1) is 0 Å². The topological polar surface area (TPSA) is 47.0 Å². The highest BCUT2D eigenvalue weighted by atomic mass is 35.7. The van der Waals surface area contributed by atoms with Crippen LogP contribution in [0.1, 0.15) is 12.1 Å². The van der Waals surface area contributed by atoms with Crippen molar-refractivity contribution in [2.45, 2.75) is 11.5 Å². The van der Waals surface area contributed by atoms with Crippen LogP contribution < -0.4 is 0 Å². The lowest BCUT2D eigenvalue weighted by Gasteiger charge is -2.03. The van der Waals surface area contributed by atoms with Gasteiger partial charge in [0.05, 0.1) is 0 Å². The van der Waals surface area contributed by atoms with Gasteiger partial charge in [0.25, 0.3) is 15.5 Å². The van der Waals surface area contributed by atoms with E-state index in [-0.39, 0.29) is 6.07 Å². The van der Waals surface area contributed by atoms with E-state index in [1.165, 1.54) is 0 Å². The van der Waals surface area contributed by atoms with Crippen LogP contribution in [0, 0.1) is 11.6 Å². The molecule has 0 aliphatic heterocycles. The van der Waals surface area contributed by atoms with Crippen molar-refractivity contribution in [3.8, 4) is 0 Å². The molecule has 0 amide bonds. The Morgan fingerprint density at radius 2 is 1.87 bits per heavy atom. The normalized spacial score (nSPS) is 12.1. The first-order valence-corrected chi connectivity index (χ1v) is 5.63. The highest BCUT2D eigenvalue weighted by molar-refractivity contribution is 8.13. The molecule has 0 saturated heterocycles. The Morgan fingerprint density at radius 3 is 2.27 bits per heavy atom. The number of aromatic nitrogens is 1. The van der Waals surface area contributed by atoms with Crippen LogP contribution >= 0.6 is 10.7 Å². The molecule has 84 valence electrons. The predicted octanol–water partition coefficient (Wildman–Crippen LogP) is 2.22. The molecule has 0 aliphatic carbocycles. The summed E-state index contributed by atoms with van der Waals surface area (Å²) in [6, 6.07) is 0.129. The van der Waals surface area contributed by atoms with Gasteiger partial charge in [-0.3, -0.25) is 0 Å². The van der Waals surface area contributed by atoms with Gasteiger partial charge in [0.1, 0.15) is 5.69 Å². The molecule has 0 aliphatic rings. The molecule has 0 saturated carbocycles. The fourth-order valence-corrected chi connectivity index (χ4v) is 1.45. The Balaban J connectivity index is 3.50. The summed E-state index contributed by atoms with van der Waals surface area (Å²) >= 11 is 0. The van der Waals surface area contributed by atoms with Crippen LogP contribution in [0.5, 0.6) is 0 Å². The van der Waals surface area contributed by atoms with Crippen molar-refractivity contribution in [2.24, 2.45) is 0 Å². The number of rotatable bonds is 2. The molecule has 3 nitrogen and oxygen atoms in total. The highest BCUT2D eigenvalue weighted by Gasteiger charge is 2.24. The molecule has 1 aromatic rings. The van der Waals surface area contributed by atoms with E-state index >= 15 is 0 Å². The summed E-state index contributed by atoms with van der Waals surface area (Å²) in [4.78, 5) is 2.72. The zero-order valence-electron chi connectivity index (χ0n) is 6.72. The highest BCUT2D eigenvalue weighted by Crippen LogP contribution is 2.24. The van der Waals surface area contributed by atoms with E-state index in [9.17, 15) is 26.0 Å². The second kappa shape index (κ2) is 3.93. The van der Waals surface area contributed by atoms with Gasteiger partial charge in [-0.05, 0) is 0 Å². The monoisotopic (exact) mass is 263 g/mol. The van der Waals surface area contributed by atoms with Crippen molar-refractivity contribution in [1.29, 1.82) is 0 Å². The first-order chi connectivity index (χ1) is 6.73. The van der Waals surface area contributed by atoms with Gasteiger partial charge < -0.3 is 0 Å². The van der Waals surface area contributed by atoms with E-state index in [0.717, 1.165) is 0 Å². The van der Waals surface area contributed by atoms with Gasteiger partial charge in [-0.1, -0.05) is 0 Å². The summed E-state index contributed by atoms with van der Waals surface area (Å²) in [5.41, 5.74) is -1.59. The average Bonchev–Trinajstić information content (AvgIpc) is 2.06. The molecule has 0 fully saturated rings. The first-order valence-electron chi connectivity index (χ1n) is 3.32. The summed E-state index contributed by atoms with van der Waals surface area (Å²) in [7, 11) is 0.258. The van der Waals surface area contributed by atoms with Gasteiger partial charge in [0, 0.05) is 16.7 Å². The van der Waals surface area contributed by atoms with Gasteiger partial charge in [0.2, 0.25) is 0 Å². The predicted molar refractivity (Wildman–Crippen MR) is 42.1 cm³/mol. The number of halogens is 5. The summed E-state index contributed by atoms with van der Waals surface area (Å²) in [5.74, 6) is -3.64. The molecule has 15 heavy (non-hydrogen) atoms. The summed E-state index contributed by atoms with van der Waals surface area (Å²) < 4.78 is 70.7. The summed E-state index contributed by atoms with van der Waals surface area (Å²) in [6.45, 7) is 0. The molecule has 1 aromatic heterocycles. The molecule has 9 heteroatoms. The van der Waals surface area contributed by atoms with Gasteiger partial charge in [-0.2, -0.15) is 0 Å². The molecule has 0 aromatic carbocycles. The van der Waals surface area contributed by atoms with Gasteiger partial charge >= 0.3 is 0 Å². The molecule has 0 N–H and O–H groups in total. The SMILES string of the molecule is O=S(=O)(Cl)c1cc(F)c(F)c(C(F)F)n1. The Kier molecular flexibility index (Phi) is 3.19. The molecular weight excluding hydrogens is 262 g/mol. The number of hydrogen-bond acceptors (Lipinski definition) is 3. The van der Waals surface area contributed by atoms with Gasteiger partial charge in [-0.25, -0.2) is 31.0 Å². The Labute approximate surface area is 86.1 Å². The van der Waals surface area contributed by atoms with E-state index in [2.05, 4.69) is 4.98 Å². The smallest absolute Gasteiger partial charge is 0.231 e. The minimum atomic E-state index is -4.48. The van der Waals surface area contributed by atoms with Crippen LogP contribution in [0.4, 0.5) is 17.6 Å². The van der Waals surface area contributed by atoms with E-state index < -0.39 is 37.8 Å². The second-order valence-electron chi connectivity index (χ2n) is 2.38. The third-order valence-corrected chi connectivity index (χ3v) is 2.55. The summed E-state index contributed by atoms with van der Waals surface area (Å²) in [6.07, 6.45) is -3.43. The maximum atomic E-state index is 12.7. The first kappa shape index (κ1) is 12.2. The van der Waals surface area contributed by atoms with Crippen LogP contribution in [0.15, 0.2) is 11.1 Å². The minimum Gasteiger partial charge on any atom is -0.231 e. The second-order valence-corrected chi connectivity index (χ2v) is 4.89. The van der Waals surface area contributed by atoms with Crippen LogP contribution in [0.3, 0.4) is 0 Å². The van der Waals surface area contributed by atoms with Crippen LogP contribution in [0.2, 0.25) is 0 Å². The quantitative estimate of drug-likeness (QED) is 0.607. The Morgan fingerprint density at radius 1 is 1.33 bits per heavy atom. The van der Waals surface area contributed by atoms with E-state index in [0.29, 0.717) is 0 Å². The molecule has 0 radical (unpaired) electrons. The lowest BCUT2D eigenvalue weighted by molar-refractivity contribution is 0.138. The van der Waals surface area contributed by atoms with Crippen LogP contribution in [-0.2, 0) is 9.05 Å². The molecular formula is C6H2ClF4NO2S. The van der Waals surface area contributed by atoms with Crippen molar-refractivity contribution < 1.29 is 26.0 Å². The fraction of sp³-hybridized carbons (Fsp3) is 0.167. The fourth-order valence-electron chi connectivity index (χ4n) is 0.764. The maximum absolute atomic E-state index is 12.7. The number of pyridine rings is 1. The third-order valence-electron chi connectivity index (χ3n) is 1.37.